The van der Waals surface area contributed by atoms with Gasteiger partial charge < -0.3 is 23.9 Å². The fraction of sp³-hybridized carbons (Fsp3) is 0.400. The molecule has 8 nitrogen and oxygen atoms in total. The average Bonchev–Trinajstić information content (AvgIpc) is 3.48. The fourth-order valence-corrected chi connectivity index (χ4v) is 4.60. The van der Waals surface area contributed by atoms with Gasteiger partial charge in [-0.25, -0.2) is 4.98 Å². The Labute approximate surface area is 192 Å². The normalized spacial score (nSPS) is 17.1. The number of hydrogen-bond donors (Lipinski definition) is 1. The van der Waals surface area contributed by atoms with E-state index in [1.807, 2.05) is 36.2 Å². The van der Waals surface area contributed by atoms with E-state index in [2.05, 4.69) is 20.9 Å². The number of carbonyl (C=O) groups excluding carboxylic acids is 2. The molecule has 0 unspecified atom stereocenters. The zero-order valence-corrected chi connectivity index (χ0v) is 18.8. The summed E-state index contributed by atoms with van der Waals surface area (Å²) in [5, 5.41) is 2.85. The quantitative estimate of drug-likeness (QED) is 0.626. The zero-order valence-electron chi connectivity index (χ0n) is 18.8. The number of nitrogens with zero attached hydrogens (tertiary/aromatic N) is 3. The van der Waals surface area contributed by atoms with E-state index in [1.54, 1.807) is 12.3 Å². The second-order valence-electron chi connectivity index (χ2n) is 8.65. The molecule has 0 spiro atoms. The SMILES string of the molecule is C[C@H]1c2nc(CC(=O)NCc3ccco3)cn2CCN1C(=O)Cc1ccc2c(c1)CCCO2. The highest BCUT2D eigenvalue weighted by Gasteiger charge is 2.30. The summed E-state index contributed by atoms with van der Waals surface area (Å²) in [6.07, 6.45) is 6.06. The molecule has 172 valence electrons. The molecule has 0 radical (unpaired) electrons. The smallest absolute Gasteiger partial charge is 0.227 e. The first-order chi connectivity index (χ1) is 16.1. The predicted octanol–water partition coefficient (Wildman–Crippen LogP) is 2.81. The highest BCUT2D eigenvalue weighted by Crippen LogP contribution is 2.28. The summed E-state index contributed by atoms with van der Waals surface area (Å²) in [5.74, 6) is 2.44. The maximum atomic E-state index is 13.1. The molecule has 0 fully saturated rings. The highest BCUT2D eigenvalue weighted by molar-refractivity contribution is 5.79. The van der Waals surface area contributed by atoms with Crippen LogP contribution in [0.4, 0.5) is 0 Å². The number of nitrogens with one attached hydrogen (secondary N) is 1. The number of imidazole rings is 1. The van der Waals surface area contributed by atoms with Gasteiger partial charge in [-0.15, -0.1) is 0 Å². The Balaban J connectivity index is 1.21. The summed E-state index contributed by atoms with van der Waals surface area (Å²) in [7, 11) is 0. The molecule has 0 aliphatic carbocycles. The van der Waals surface area contributed by atoms with Crippen LogP contribution >= 0.6 is 0 Å². The van der Waals surface area contributed by atoms with E-state index in [-0.39, 0.29) is 24.3 Å². The lowest BCUT2D eigenvalue weighted by Crippen LogP contribution is -2.41. The molecule has 4 heterocycles. The van der Waals surface area contributed by atoms with Crippen LogP contribution < -0.4 is 10.1 Å². The van der Waals surface area contributed by atoms with Gasteiger partial charge in [0.15, 0.2) is 0 Å². The van der Waals surface area contributed by atoms with Gasteiger partial charge in [0.05, 0.1) is 44.0 Å². The summed E-state index contributed by atoms with van der Waals surface area (Å²) >= 11 is 0. The average molecular weight is 449 g/mol. The van der Waals surface area contributed by atoms with Crippen molar-refractivity contribution in [1.82, 2.24) is 19.8 Å². The zero-order chi connectivity index (χ0) is 22.8. The first-order valence-corrected chi connectivity index (χ1v) is 11.5. The number of fused-ring (bicyclic) bond motifs is 2. The van der Waals surface area contributed by atoms with Crippen molar-refractivity contribution >= 4 is 11.8 Å². The summed E-state index contributed by atoms with van der Waals surface area (Å²) < 4.78 is 13.0. The lowest BCUT2D eigenvalue weighted by molar-refractivity contribution is -0.133. The molecule has 2 amide bonds. The van der Waals surface area contributed by atoms with Crippen molar-refractivity contribution in [3.05, 3.63) is 71.2 Å². The van der Waals surface area contributed by atoms with Crippen LogP contribution in [0.1, 0.15) is 47.8 Å². The topological polar surface area (TPSA) is 89.6 Å². The first-order valence-electron chi connectivity index (χ1n) is 11.5. The molecular formula is C25H28N4O4. The van der Waals surface area contributed by atoms with E-state index >= 15 is 0 Å². The van der Waals surface area contributed by atoms with Crippen molar-refractivity contribution in [3.63, 3.8) is 0 Å². The van der Waals surface area contributed by atoms with Crippen molar-refractivity contribution in [2.75, 3.05) is 13.2 Å². The van der Waals surface area contributed by atoms with Crippen LogP contribution in [0.2, 0.25) is 0 Å². The Hall–Kier alpha value is -3.55. The maximum absolute atomic E-state index is 13.1. The Morgan fingerprint density at radius 3 is 2.97 bits per heavy atom. The van der Waals surface area contributed by atoms with Crippen LogP contribution in [0.5, 0.6) is 5.75 Å². The molecule has 2 aliphatic rings. The standard InChI is InChI=1S/C25H28N4O4/c1-17-25-27-20(14-23(30)26-15-21-5-3-10-32-21)16-28(25)8-9-29(17)24(31)13-18-6-7-22-19(12-18)4-2-11-33-22/h3,5-7,10,12,16-17H,2,4,8-9,11,13-15H2,1H3,(H,26,30)/t17-/m0/s1. The lowest BCUT2D eigenvalue weighted by atomic mass is 10.0. The molecule has 1 atom stereocenters. The minimum atomic E-state index is -0.146. The Morgan fingerprint density at radius 1 is 1.21 bits per heavy atom. The molecule has 0 saturated heterocycles. The molecule has 0 bridgehead atoms. The van der Waals surface area contributed by atoms with Gasteiger partial charge >= 0.3 is 0 Å². The monoisotopic (exact) mass is 448 g/mol. The number of furan rings is 1. The Morgan fingerprint density at radius 2 is 2.12 bits per heavy atom. The van der Waals surface area contributed by atoms with Gasteiger partial charge in [-0.05, 0) is 49.1 Å². The fourth-order valence-electron chi connectivity index (χ4n) is 4.60. The molecular weight excluding hydrogens is 420 g/mol. The number of carbonyl (C=O) groups is 2. The van der Waals surface area contributed by atoms with E-state index in [4.69, 9.17) is 9.15 Å². The van der Waals surface area contributed by atoms with Crippen LogP contribution in [0.25, 0.3) is 0 Å². The van der Waals surface area contributed by atoms with Crippen LogP contribution in [0, 0.1) is 0 Å². The summed E-state index contributed by atoms with van der Waals surface area (Å²) in [4.78, 5) is 32.0. The van der Waals surface area contributed by atoms with Gasteiger partial charge in [0.2, 0.25) is 11.8 Å². The number of aryl methyl sites for hydroxylation is 1. The molecule has 0 saturated carbocycles. The van der Waals surface area contributed by atoms with Gasteiger partial charge in [0.25, 0.3) is 0 Å². The van der Waals surface area contributed by atoms with Crippen molar-refractivity contribution < 1.29 is 18.7 Å². The van der Waals surface area contributed by atoms with Gasteiger partial charge in [-0.1, -0.05) is 12.1 Å². The Bertz CT molecular complexity index is 1150. The van der Waals surface area contributed by atoms with Crippen LogP contribution in [0.15, 0.2) is 47.2 Å². The third-order valence-electron chi connectivity index (χ3n) is 6.31. The van der Waals surface area contributed by atoms with E-state index in [1.165, 1.54) is 5.56 Å². The molecule has 2 aromatic heterocycles. The number of rotatable bonds is 6. The number of amides is 2. The summed E-state index contributed by atoms with van der Waals surface area (Å²) in [6.45, 7) is 4.41. The third kappa shape index (κ3) is 4.65. The van der Waals surface area contributed by atoms with E-state index < -0.39 is 0 Å². The molecule has 1 aromatic carbocycles. The van der Waals surface area contributed by atoms with Gasteiger partial charge in [0.1, 0.15) is 17.3 Å². The number of benzene rings is 1. The number of ether oxygens (including phenoxy) is 1. The largest absolute Gasteiger partial charge is 0.493 e. The van der Waals surface area contributed by atoms with Crippen LogP contribution in [-0.4, -0.2) is 39.4 Å². The summed E-state index contributed by atoms with van der Waals surface area (Å²) in [5.41, 5.74) is 2.90. The van der Waals surface area contributed by atoms with Gasteiger partial charge in [-0.2, -0.15) is 0 Å². The maximum Gasteiger partial charge on any atom is 0.227 e. The minimum Gasteiger partial charge on any atom is -0.493 e. The van der Waals surface area contributed by atoms with Crippen molar-refractivity contribution in [2.45, 2.75) is 51.7 Å². The van der Waals surface area contributed by atoms with E-state index in [9.17, 15) is 9.59 Å². The van der Waals surface area contributed by atoms with Crippen LogP contribution in [-0.2, 0) is 41.9 Å². The molecule has 8 heteroatoms. The molecule has 2 aliphatic heterocycles. The third-order valence-corrected chi connectivity index (χ3v) is 6.31. The summed E-state index contributed by atoms with van der Waals surface area (Å²) in [6, 6.07) is 9.53. The predicted molar refractivity (Wildman–Crippen MR) is 121 cm³/mol. The van der Waals surface area contributed by atoms with Crippen LogP contribution in [0.3, 0.4) is 0 Å². The molecule has 3 aromatic rings. The van der Waals surface area contributed by atoms with Crippen molar-refractivity contribution in [3.8, 4) is 5.75 Å². The highest BCUT2D eigenvalue weighted by atomic mass is 16.5. The van der Waals surface area contributed by atoms with Crippen molar-refractivity contribution in [2.24, 2.45) is 0 Å². The number of hydrogen-bond acceptors (Lipinski definition) is 5. The second-order valence-corrected chi connectivity index (χ2v) is 8.65. The molecule has 1 N–H and O–H groups in total. The lowest BCUT2D eigenvalue weighted by Gasteiger charge is -2.34. The molecule has 5 rings (SSSR count). The first kappa shape index (κ1) is 21.3. The van der Waals surface area contributed by atoms with E-state index in [0.29, 0.717) is 37.5 Å². The molecule has 33 heavy (non-hydrogen) atoms. The van der Waals surface area contributed by atoms with Gasteiger partial charge in [0, 0.05) is 19.3 Å². The van der Waals surface area contributed by atoms with E-state index in [0.717, 1.165) is 36.6 Å². The van der Waals surface area contributed by atoms with Crippen molar-refractivity contribution in [1.29, 1.82) is 0 Å². The number of aromatic nitrogens is 2. The minimum absolute atomic E-state index is 0.0890. The second kappa shape index (κ2) is 9.13. The van der Waals surface area contributed by atoms with Gasteiger partial charge in [-0.3, -0.25) is 9.59 Å². The Kier molecular flexibility index (Phi) is 5.90.